The summed E-state index contributed by atoms with van der Waals surface area (Å²) in [5, 5.41) is 10.4. The van der Waals surface area contributed by atoms with Crippen molar-refractivity contribution in [3.05, 3.63) is 255 Å². The lowest BCUT2D eigenvalue weighted by Crippen LogP contribution is -2.74. The van der Waals surface area contributed by atoms with E-state index in [1.807, 2.05) is 0 Å². The lowest BCUT2D eigenvalue weighted by atomic mass is 9.98. The van der Waals surface area contributed by atoms with Crippen molar-refractivity contribution >= 4 is 72.4 Å². The van der Waals surface area contributed by atoms with Gasteiger partial charge in [-0.25, -0.2) is 0 Å². The number of nitrogens with zero attached hydrogens (tertiary/aromatic N) is 2. The molecule has 0 saturated carbocycles. The van der Waals surface area contributed by atoms with Crippen molar-refractivity contribution in [2.24, 2.45) is 0 Å². The number of benzene rings is 10. The van der Waals surface area contributed by atoms with Crippen molar-refractivity contribution < 1.29 is 0 Å². The van der Waals surface area contributed by atoms with Crippen LogP contribution in [0.25, 0.3) is 77.2 Å². The molecule has 12 rings (SSSR count). The Hall–Kier alpha value is -7.98. The molecule has 63 heavy (non-hydrogen) atoms. The second-order valence-corrected chi connectivity index (χ2v) is 20.3. The molecule has 0 unspecified atom stereocenters. The second-order valence-electron chi connectivity index (χ2n) is 16.5. The van der Waals surface area contributed by atoms with Crippen LogP contribution in [0.2, 0.25) is 0 Å². The van der Waals surface area contributed by atoms with Crippen molar-refractivity contribution in [1.29, 1.82) is 0 Å². The molecule has 0 aliphatic rings. The molecular weight excluding hydrogens is 777 g/mol. The molecule has 0 bridgehead atoms. The summed E-state index contributed by atoms with van der Waals surface area (Å²) in [6, 6.07) is 94.4. The minimum absolute atomic E-state index is 1.12. The molecule has 296 valence electrons. The average molecular weight is 819 g/mol. The zero-order valence-electron chi connectivity index (χ0n) is 34.6. The molecule has 2 nitrogen and oxygen atoms in total. The smallest absolute Gasteiger partial charge is 0.179 e. The number of hydrogen-bond donors (Lipinski definition) is 0. The summed E-state index contributed by atoms with van der Waals surface area (Å²) in [5.41, 5.74) is 11.7. The zero-order chi connectivity index (χ0) is 41.7. The highest BCUT2D eigenvalue weighted by Gasteiger charge is 2.41. The molecule has 3 heteroatoms. The second kappa shape index (κ2) is 15.2. The summed E-state index contributed by atoms with van der Waals surface area (Å²) in [7, 11) is -2.83. The van der Waals surface area contributed by atoms with Crippen LogP contribution < -0.4 is 20.7 Å². The molecule has 2 aromatic heterocycles. The fraction of sp³-hybridized carbons (Fsp3) is 0. The van der Waals surface area contributed by atoms with Gasteiger partial charge in [-0.05, 0) is 85.5 Å². The van der Waals surface area contributed by atoms with Gasteiger partial charge < -0.3 is 9.13 Å². The molecule has 0 radical (unpaired) electrons. The number of hydrogen-bond acceptors (Lipinski definition) is 0. The summed E-state index contributed by atoms with van der Waals surface area (Å²) in [6.45, 7) is 0. The normalized spacial score (nSPS) is 11.8. The van der Waals surface area contributed by atoms with Crippen molar-refractivity contribution in [2.45, 2.75) is 0 Å². The highest BCUT2D eigenvalue weighted by atomic mass is 28.3. The van der Waals surface area contributed by atoms with Crippen LogP contribution >= 0.6 is 0 Å². The molecule has 0 atom stereocenters. The van der Waals surface area contributed by atoms with Crippen molar-refractivity contribution in [3.8, 4) is 33.6 Å². The fourth-order valence-corrected chi connectivity index (χ4v) is 15.1. The lowest BCUT2D eigenvalue weighted by Gasteiger charge is -2.34. The Morgan fingerprint density at radius 2 is 0.683 bits per heavy atom. The topological polar surface area (TPSA) is 9.86 Å². The highest BCUT2D eigenvalue weighted by Crippen LogP contribution is 2.41. The predicted octanol–water partition coefficient (Wildman–Crippen LogP) is 12.6. The number of fused-ring (bicyclic) bond motifs is 6. The van der Waals surface area contributed by atoms with E-state index in [0.717, 1.165) is 11.4 Å². The summed E-state index contributed by atoms with van der Waals surface area (Å²) in [4.78, 5) is 0. The third-order valence-corrected chi connectivity index (χ3v) is 17.8. The van der Waals surface area contributed by atoms with Gasteiger partial charge in [0.05, 0.1) is 27.8 Å². The van der Waals surface area contributed by atoms with E-state index in [1.165, 1.54) is 86.6 Å². The zero-order valence-corrected chi connectivity index (χ0v) is 35.6. The lowest BCUT2D eigenvalue weighted by molar-refractivity contribution is 1.13. The SMILES string of the molecule is c1ccc(-c2cc(-c3ccccc3)cc(-n3c4ccccc4c4cccc(-n5c6ccccc6c6ccc([Si](c7ccccc7)(c7ccccc7)c7ccccc7)cc65)c43)c2)cc1. The Kier molecular flexibility index (Phi) is 8.87. The van der Waals surface area contributed by atoms with Crippen LogP contribution in [0, 0.1) is 0 Å². The van der Waals surface area contributed by atoms with E-state index in [-0.39, 0.29) is 0 Å². The molecular formula is C60H42N2Si. The fourth-order valence-electron chi connectivity index (χ4n) is 10.3. The van der Waals surface area contributed by atoms with Crippen molar-refractivity contribution in [1.82, 2.24) is 9.13 Å². The summed E-state index contributed by atoms with van der Waals surface area (Å²) in [5.74, 6) is 0. The van der Waals surface area contributed by atoms with Gasteiger partial charge in [0.2, 0.25) is 0 Å². The van der Waals surface area contributed by atoms with E-state index in [2.05, 4.69) is 264 Å². The van der Waals surface area contributed by atoms with Crippen LogP contribution in [-0.2, 0) is 0 Å². The molecule has 12 aromatic rings. The number of para-hydroxylation sites is 3. The molecule has 2 heterocycles. The van der Waals surface area contributed by atoms with E-state index in [4.69, 9.17) is 0 Å². The van der Waals surface area contributed by atoms with Gasteiger partial charge in [-0.3, -0.25) is 0 Å². The summed E-state index contributed by atoms with van der Waals surface area (Å²) < 4.78 is 5.06. The number of aromatic nitrogens is 2. The van der Waals surface area contributed by atoms with Crippen LogP contribution in [0.1, 0.15) is 0 Å². The van der Waals surface area contributed by atoms with Gasteiger partial charge in [0, 0.05) is 27.2 Å². The molecule has 10 aromatic carbocycles. The first-order chi connectivity index (χ1) is 31.3. The Balaban J connectivity index is 1.20. The Morgan fingerprint density at radius 3 is 1.22 bits per heavy atom. The van der Waals surface area contributed by atoms with E-state index in [9.17, 15) is 0 Å². The van der Waals surface area contributed by atoms with Gasteiger partial charge in [-0.15, -0.1) is 0 Å². The molecule has 0 amide bonds. The maximum Gasteiger partial charge on any atom is 0.179 e. The third-order valence-electron chi connectivity index (χ3n) is 13.0. The maximum atomic E-state index is 2.55. The average Bonchev–Trinajstić information content (AvgIpc) is 3.89. The quantitative estimate of drug-likeness (QED) is 0.107. The molecule has 0 N–H and O–H groups in total. The van der Waals surface area contributed by atoms with E-state index in [1.54, 1.807) is 0 Å². The molecule has 0 aliphatic heterocycles. The van der Waals surface area contributed by atoms with E-state index in [0.29, 0.717) is 0 Å². The van der Waals surface area contributed by atoms with Crippen molar-refractivity contribution in [2.75, 3.05) is 0 Å². The summed E-state index contributed by atoms with van der Waals surface area (Å²) in [6.07, 6.45) is 0. The highest BCUT2D eigenvalue weighted by molar-refractivity contribution is 7.20. The van der Waals surface area contributed by atoms with Gasteiger partial charge in [-0.2, -0.15) is 0 Å². The minimum Gasteiger partial charge on any atom is -0.307 e. The van der Waals surface area contributed by atoms with Gasteiger partial charge in [0.25, 0.3) is 0 Å². The monoisotopic (exact) mass is 818 g/mol. The van der Waals surface area contributed by atoms with E-state index < -0.39 is 8.07 Å². The molecule has 0 aliphatic carbocycles. The van der Waals surface area contributed by atoms with Gasteiger partial charge in [0.1, 0.15) is 0 Å². The standard InChI is InChI=1S/C60H42N2Si/c1-6-21-43(22-7-1)45-39-46(44-23-8-2-9-24-44)41-47(40-45)61-56-34-18-17-32-53(56)55-33-20-36-58(60(55)61)62-57-35-19-16-31-52(57)54-38-37-51(42-59(54)62)63(48-25-10-3-11-26-48,49-27-12-4-13-28-49)50-29-14-5-15-30-50/h1-42H. The van der Waals surface area contributed by atoms with Crippen molar-refractivity contribution in [3.63, 3.8) is 0 Å². The third kappa shape index (κ3) is 5.93. The molecule has 0 saturated heterocycles. The Morgan fingerprint density at radius 1 is 0.254 bits per heavy atom. The van der Waals surface area contributed by atoms with Gasteiger partial charge in [0.15, 0.2) is 8.07 Å². The first kappa shape index (κ1) is 36.8. The largest absolute Gasteiger partial charge is 0.307 e. The van der Waals surface area contributed by atoms with E-state index >= 15 is 0 Å². The first-order valence-corrected chi connectivity index (χ1v) is 23.8. The van der Waals surface area contributed by atoms with Crippen LogP contribution in [0.4, 0.5) is 0 Å². The molecule has 0 spiro atoms. The van der Waals surface area contributed by atoms with Gasteiger partial charge in [-0.1, -0.05) is 212 Å². The van der Waals surface area contributed by atoms with Gasteiger partial charge >= 0.3 is 0 Å². The Labute approximate surface area is 368 Å². The number of rotatable bonds is 8. The minimum atomic E-state index is -2.83. The Bertz CT molecular complexity index is 3440. The first-order valence-electron chi connectivity index (χ1n) is 21.8. The predicted molar refractivity (Wildman–Crippen MR) is 270 cm³/mol. The van der Waals surface area contributed by atoms with Crippen LogP contribution in [0.3, 0.4) is 0 Å². The summed E-state index contributed by atoms with van der Waals surface area (Å²) >= 11 is 0. The van der Waals surface area contributed by atoms with Crippen LogP contribution in [-0.4, -0.2) is 17.2 Å². The maximum absolute atomic E-state index is 2.83. The molecule has 0 fully saturated rings. The van der Waals surface area contributed by atoms with Crippen LogP contribution in [0.5, 0.6) is 0 Å². The van der Waals surface area contributed by atoms with Crippen LogP contribution in [0.15, 0.2) is 255 Å².